The molecule has 0 aliphatic carbocycles. The molecular formula is C25H23N3O3S. The average molecular weight is 446 g/mol. The molecule has 0 aliphatic heterocycles. The molecule has 0 saturated heterocycles. The van der Waals surface area contributed by atoms with Gasteiger partial charge in [0.25, 0.3) is 5.56 Å². The molecule has 7 heteroatoms. The molecule has 6 nitrogen and oxygen atoms in total. The zero-order chi connectivity index (χ0) is 22.3. The van der Waals surface area contributed by atoms with Crippen LogP contribution in [0.25, 0.3) is 16.6 Å². The van der Waals surface area contributed by atoms with Crippen molar-refractivity contribution in [1.82, 2.24) is 9.55 Å². The molecule has 0 saturated carbocycles. The number of anilines is 1. The van der Waals surface area contributed by atoms with Crippen molar-refractivity contribution in [2.24, 2.45) is 0 Å². The summed E-state index contributed by atoms with van der Waals surface area (Å²) in [6.07, 6.45) is 0.266. The third-order valence-electron chi connectivity index (χ3n) is 4.78. The SMILES string of the molecule is CCOc1ccccc1NC(=O)CCSc1nc2ccccc2c(=O)n1-c1ccccc1. The van der Waals surface area contributed by atoms with Crippen LogP contribution in [-0.2, 0) is 4.79 Å². The van der Waals surface area contributed by atoms with Crippen LogP contribution in [0, 0.1) is 0 Å². The highest BCUT2D eigenvalue weighted by molar-refractivity contribution is 7.99. The number of aromatic nitrogens is 2. The minimum absolute atomic E-state index is 0.126. The Kier molecular flexibility index (Phi) is 6.87. The van der Waals surface area contributed by atoms with Crippen molar-refractivity contribution in [3.05, 3.63) is 89.2 Å². The van der Waals surface area contributed by atoms with Crippen molar-refractivity contribution in [2.45, 2.75) is 18.5 Å². The number of thioether (sulfide) groups is 1. The Labute approximate surface area is 190 Å². The van der Waals surface area contributed by atoms with E-state index in [1.807, 2.05) is 79.7 Å². The number of carbonyl (C=O) groups is 1. The van der Waals surface area contributed by atoms with Gasteiger partial charge in [0.05, 0.1) is 28.9 Å². The van der Waals surface area contributed by atoms with E-state index in [2.05, 4.69) is 5.32 Å². The number of hydrogen-bond donors (Lipinski definition) is 1. The van der Waals surface area contributed by atoms with Crippen LogP contribution in [-0.4, -0.2) is 27.8 Å². The zero-order valence-corrected chi connectivity index (χ0v) is 18.5. The fourth-order valence-electron chi connectivity index (χ4n) is 3.31. The Bertz CT molecular complexity index is 1290. The number of carbonyl (C=O) groups excluding carboxylic acids is 1. The Morgan fingerprint density at radius 1 is 1.00 bits per heavy atom. The fourth-order valence-corrected chi connectivity index (χ4v) is 4.26. The van der Waals surface area contributed by atoms with Gasteiger partial charge in [-0.25, -0.2) is 4.98 Å². The maximum atomic E-state index is 13.2. The number of rotatable bonds is 8. The largest absolute Gasteiger partial charge is 0.492 e. The second-order valence-electron chi connectivity index (χ2n) is 6.96. The summed E-state index contributed by atoms with van der Waals surface area (Å²) in [6.45, 7) is 2.42. The first-order valence-corrected chi connectivity index (χ1v) is 11.4. The zero-order valence-electron chi connectivity index (χ0n) is 17.7. The summed E-state index contributed by atoms with van der Waals surface area (Å²) in [5.74, 6) is 0.990. The number of fused-ring (bicyclic) bond motifs is 1. The average Bonchev–Trinajstić information content (AvgIpc) is 2.81. The number of hydrogen-bond acceptors (Lipinski definition) is 5. The first-order chi connectivity index (χ1) is 15.7. The minimum atomic E-state index is -0.126. The smallest absolute Gasteiger partial charge is 0.266 e. The van der Waals surface area contributed by atoms with Gasteiger partial charge in [0.2, 0.25) is 5.91 Å². The monoisotopic (exact) mass is 445 g/mol. The van der Waals surface area contributed by atoms with E-state index in [0.717, 1.165) is 5.69 Å². The van der Waals surface area contributed by atoms with Crippen molar-refractivity contribution < 1.29 is 9.53 Å². The predicted molar refractivity (Wildman–Crippen MR) is 129 cm³/mol. The van der Waals surface area contributed by atoms with Crippen LogP contribution in [0.3, 0.4) is 0 Å². The van der Waals surface area contributed by atoms with E-state index < -0.39 is 0 Å². The highest BCUT2D eigenvalue weighted by Crippen LogP contribution is 2.25. The summed E-state index contributed by atoms with van der Waals surface area (Å²) in [5, 5.41) is 4.02. The number of ether oxygens (including phenoxy) is 1. The molecule has 4 aromatic rings. The minimum Gasteiger partial charge on any atom is -0.492 e. The van der Waals surface area contributed by atoms with Gasteiger partial charge in [-0.2, -0.15) is 0 Å². The molecule has 0 unspecified atom stereocenters. The van der Waals surface area contributed by atoms with Crippen molar-refractivity contribution in [1.29, 1.82) is 0 Å². The number of amides is 1. The number of nitrogens with one attached hydrogen (secondary N) is 1. The van der Waals surface area contributed by atoms with E-state index in [-0.39, 0.29) is 17.9 Å². The fraction of sp³-hybridized carbons (Fsp3) is 0.160. The number of para-hydroxylation sites is 4. The second kappa shape index (κ2) is 10.2. The van der Waals surface area contributed by atoms with E-state index in [1.54, 1.807) is 10.6 Å². The summed E-state index contributed by atoms with van der Waals surface area (Å²) in [5.41, 5.74) is 1.91. The highest BCUT2D eigenvalue weighted by Gasteiger charge is 2.14. The molecule has 1 heterocycles. The second-order valence-corrected chi connectivity index (χ2v) is 8.03. The Morgan fingerprint density at radius 2 is 1.72 bits per heavy atom. The molecule has 0 atom stereocenters. The van der Waals surface area contributed by atoms with Gasteiger partial charge >= 0.3 is 0 Å². The molecule has 0 fully saturated rings. The van der Waals surface area contributed by atoms with Crippen molar-refractivity contribution in [3.63, 3.8) is 0 Å². The van der Waals surface area contributed by atoms with Crippen LogP contribution in [0.15, 0.2) is 88.8 Å². The lowest BCUT2D eigenvalue weighted by Gasteiger charge is -2.13. The van der Waals surface area contributed by atoms with Crippen LogP contribution < -0.4 is 15.6 Å². The van der Waals surface area contributed by atoms with E-state index in [0.29, 0.717) is 39.9 Å². The van der Waals surface area contributed by atoms with Gasteiger partial charge in [-0.1, -0.05) is 54.2 Å². The molecule has 1 amide bonds. The molecule has 0 spiro atoms. The number of nitrogens with zero attached hydrogens (tertiary/aromatic N) is 2. The third-order valence-corrected chi connectivity index (χ3v) is 5.72. The standard InChI is InChI=1S/C25H23N3O3S/c1-2-31-22-15-9-8-14-21(22)26-23(29)16-17-32-25-27-20-13-7-6-12-19(20)24(30)28(25)18-10-4-3-5-11-18/h3-15H,2,16-17H2,1H3,(H,26,29). The first-order valence-electron chi connectivity index (χ1n) is 10.4. The van der Waals surface area contributed by atoms with Gasteiger partial charge < -0.3 is 10.1 Å². The molecule has 0 radical (unpaired) electrons. The number of benzene rings is 3. The van der Waals surface area contributed by atoms with Crippen LogP contribution in [0.5, 0.6) is 5.75 Å². The van der Waals surface area contributed by atoms with Crippen LogP contribution in [0.4, 0.5) is 5.69 Å². The summed E-state index contributed by atoms with van der Waals surface area (Å²) < 4.78 is 7.17. The molecule has 1 N–H and O–H groups in total. The van der Waals surface area contributed by atoms with Crippen LogP contribution in [0.1, 0.15) is 13.3 Å². The molecule has 32 heavy (non-hydrogen) atoms. The Morgan fingerprint density at radius 3 is 2.53 bits per heavy atom. The van der Waals surface area contributed by atoms with E-state index in [4.69, 9.17) is 9.72 Å². The molecular weight excluding hydrogens is 422 g/mol. The van der Waals surface area contributed by atoms with Gasteiger partial charge in [-0.15, -0.1) is 0 Å². The van der Waals surface area contributed by atoms with Gasteiger partial charge in [0.1, 0.15) is 5.75 Å². The van der Waals surface area contributed by atoms with Crippen molar-refractivity contribution >= 4 is 34.3 Å². The molecule has 3 aromatic carbocycles. The maximum Gasteiger partial charge on any atom is 0.266 e. The van der Waals surface area contributed by atoms with Gasteiger partial charge in [-0.3, -0.25) is 14.2 Å². The van der Waals surface area contributed by atoms with E-state index in [1.165, 1.54) is 11.8 Å². The van der Waals surface area contributed by atoms with Gasteiger partial charge in [0.15, 0.2) is 5.16 Å². The normalized spacial score (nSPS) is 10.8. The summed E-state index contributed by atoms with van der Waals surface area (Å²) in [6, 6.07) is 24.1. The lowest BCUT2D eigenvalue weighted by molar-refractivity contribution is -0.115. The van der Waals surface area contributed by atoms with Gasteiger partial charge in [-0.05, 0) is 43.3 Å². The third kappa shape index (κ3) is 4.84. The lowest BCUT2D eigenvalue weighted by atomic mass is 10.2. The topological polar surface area (TPSA) is 73.2 Å². The Hall–Kier alpha value is -3.58. The van der Waals surface area contributed by atoms with E-state index >= 15 is 0 Å². The highest BCUT2D eigenvalue weighted by atomic mass is 32.2. The lowest BCUT2D eigenvalue weighted by Crippen LogP contribution is -2.22. The molecule has 4 rings (SSSR count). The van der Waals surface area contributed by atoms with Crippen molar-refractivity contribution in [3.8, 4) is 11.4 Å². The van der Waals surface area contributed by atoms with Crippen LogP contribution >= 0.6 is 11.8 Å². The summed E-state index contributed by atoms with van der Waals surface area (Å²) in [7, 11) is 0. The predicted octanol–water partition coefficient (Wildman–Crippen LogP) is 4.91. The quantitative estimate of drug-likeness (QED) is 0.308. The molecule has 162 valence electrons. The van der Waals surface area contributed by atoms with E-state index in [9.17, 15) is 9.59 Å². The van der Waals surface area contributed by atoms with Crippen molar-refractivity contribution in [2.75, 3.05) is 17.7 Å². The van der Waals surface area contributed by atoms with Crippen LogP contribution in [0.2, 0.25) is 0 Å². The first kappa shape index (κ1) is 21.6. The molecule has 1 aromatic heterocycles. The molecule has 0 bridgehead atoms. The molecule has 0 aliphatic rings. The van der Waals surface area contributed by atoms with Gasteiger partial charge in [0, 0.05) is 12.2 Å². The summed E-state index contributed by atoms with van der Waals surface area (Å²) >= 11 is 1.38. The maximum absolute atomic E-state index is 13.2. The Balaban J connectivity index is 1.53. The summed E-state index contributed by atoms with van der Waals surface area (Å²) in [4.78, 5) is 30.4.